The molecule has 0 aliphatic carbocycles. The Hall–Kier alpha value is -1.29. The normalized spacial score (nSPS) is 9.62. The largest absolute Gasteiger partial charge is 0.384 e. The number of rotatable bonds is 2. The molecular formula is C9H11N3S. The van der Waals surface area contributed by atoms with E-state index >= 15 is 0 Å². The highest BCUT2D eigenvalue weighted by molar-refractivity contribution is 8.17. The summed E-state index contributed by atoms with van der Waals surface area (Å²) in [4.78, 5) is 4.89. The molecule has 0 unspecified atom stereocenters. The van der Waals surface area contributed by atoms with E-state index in [1.807, 2.05) is 6.92 Å². The molecule has 0 fully saturated rings. The standard InChI is InChI=1S/C9H11N3S/c1-6(2)13-9(11)7-4-3-5-8(10)12-7/h3-5,11H,1H2,2H3,(H2,10,12). The number of hydrogen-bond donors (Lipinski definition) is 2. The van der Waals surface area contributed by atoms with E-state index in [1.54, 1.807) is 18.2 Å². The van der Waals surface area contributed by atoms with E-state index < -0.39 is 0 Å². The predicted molar refractivity (Wildman–Crippen MR) is 57.9 cm³/mol. The van der Waals surface area contributed by atoms with Gasteiger partial charge in [0.25, 0.3) is 0 Å². The van der Waals surface area contributed by atoms with Crippen molar-refractivity contribution in [3.05, 3.63) is 35.4 Å². The SMILES string of the molecule is C=C(C)SC(=N)c1cccc(N)n1. The van der Waals surface area contributed by atoms with Gasteiger partial charge in [0.1, 0.15) is 10.9 Å². The molecular weight excluding hydrogens is 182 g/mol. The Morgan fingerprint density at radius 2 is 2.31 bits per heavy atom. The molecule has 1 aromatic rings. The number of thioether (sulfide) groups is 1. The minimum absolute atomic E-state index is 0.375. The topological polar surface area (TPSA) is 62.8 Å². The fraction of sp³-hybridized carbons (Fsp3) is 0.111. The highest BCUT2D eigenvalue weighted by Crippen LogP contribution is 2.18. The van der Waals surface area contributed by atoms with Crippen LogP contribution in [0, 0.1) is 5.41 Å². The minimum Gasteiger partial charge on any atom is -0.384 e. The van der Waals surface area contributed by atoms with Gasteiger partial charge in [0.15, 0.2) is 0 Å². The lowest BCUT2D eigenvalue weighted by atomic mass is 10.3. The van der Waals surface area contributed by atoms with Crippen molar-refractivity contribution >= 4 is 22.6 Å². The van der Waals surface area contributed by atoms with Gasteiger partial charge in [-0.1, -0.05) is 24.4 Å². The lowest BCUT2D eigenvalue weighted by Gasteiger charge is -2.02. The molecule has 0 aliphatic heterocycles. The summed E-state index contributed by atoms with van der Waals surface area (Å²) >= 11 is 1.29. The van der Waals surface area contributed by atoms with Crippen molar-refractivity contribution in [1.29, 1.82) is 5.41 Å². The highest BCUT2D eigenvalue weighted by atomic mass is 32.2. The van der Waals surface area contributed by atoms with E-state index in [1.165, 1.54) is 11.8 Å². The highest BCUT2D eigenvalue weighted by Gasteiger charge is 2.03. The summed E-state index contributed by atoms with van der Waals surface area (Å²) < 4.78 is 0. The summed E-state index contributed by atoms with van der Waals surface area (Å²) in [7, 11) is 0. The molecule has 0 aromatic carbocycles. The minimum atomic E-state index is 0.375. The first-order chi connectivity index (χ1) is 6.09. The third-order valence-electron chi connectivity index (χ3n) is 1.28. The van der Waals surface area contributed by atoms with Crippen LogP contribution in [0.4, 0.5) is 5.82 Å². The molecule has 1 aromatic heterocycles. The van der Waals surface area contributed by atoms with Crippen molar-refractivity contribution in [3.8, 4) is 0 Å². The molecule has 0 saturated heterocycles. The van der Waals surface area contributed by atoms with Crippen molar-refractivity contribution in [2.75, 3.05) is 5.73 Å². The van der Waals surface area contributed by atoms with E-state index in [0.29, 0.717) is 16.6 Å². The van der Waals surface area contributed by atoms with Gasteiger partial charge in [-0.3, -0.25) is 5.41 Å². The first-order valence-electron chi connectivity index (χ1n) is 3.74. The van der Waals surface area contributed by atoms with Crippen LogP contribution in [-0.4, -0.2) is 10.0 Å². The summed E-state index contributed by atoms with van der Waals surface area (Å²) in [6.07, 6.45) is 0. The predicted octanol–water partition coefficient (Wildman–Crippen LogP) is 2.26. The maximum absolute atomic E-state index is 7.64. The van der Waals surface area contributed by atoms with Crippen LogP contribution in [0.1, 0.15) is 12.6 Å². The zero-order chi connectivity index (χ0) is 9.84. The Morgan fingerprint density at radius 1 is 1.62 bits per heavy atom. The maximum atomic E-state index is 7.64. The zero-order valence-electron chi connectivity index (χ0n) is 7.37. The number of anilines is 1. The molecule has 0 saturated carbocycles. The van der Waals surface area contributed by atoms with Crippen LogP contribution in [0.15, 0.2) is 29.7 Å². The van der Waals surface area contributed by atoms with E-state index in [0.717, 1.165) is 4.91 Å². The second kappa shape index (κ2) is 4.09. The number of nitrogens with one attached hydrogen (secondary N) is 1. The van der Waals surface area contributed by atoms with E-state index in [2.05, 4.69) is 11.6 Å². The van der Waals surface area contributed by atoms with Gasteiger partial charge in [0.2, 0.25) is 0 Å². The van der Waals surface area contributed by atoms with Gasteiger partial charge in [-0.15, -0.1) is 0 Å². The van der Waals surface area contributed by atoms with Crippen molar-refractivity contribution in [3.63, 3.8) is 0 Å². The van der Waals surface area contributed by atoms with Gasteiger partial charge in [-0.05, 0) is 24.0 Å². The number of allylic oxidation sites excluding steroid dienone is 1. The van der Waals surface area contributed by atoms with Crippen LogP contribution >= 0.6 is 11.8 Å². The summed E-state index contributed by atoms with van der Waals surface area (Å²) in [6.45, 7) is 5.56. The number of hydrogen-bond acceptors (Lipinski definition) is 4. The van der Waals surface area contributed by atoms with Crippen LogP contribution in [-0.2, 0) is 0 Å². The second-order valence-electron chi connectivity index (χ2n) is 2.58. The van der Waals surface area contributed by atoms with E-state index in [-0.39, 0.29) is 0 Å². The fourth-order valence-corrected chi connectivity index (χ4v) is 1.37. The zero-order valence-corrected chi connectivity index (χ0v) is 8.19. The van der Waals surface area contributed by atoms with Crippen LogP contribution < -0.4 is 5.73 Å². The first-order valence-corrected chi connectivity index (χ1v) is 4.56. The molecule has 68 valence electrons. The third kappa shape index (κ3) is 2.91. The van der Waals surface area contributed by atoms with Gasteiger partial charge in [-0.25, -0.2) is 4.98 Å². The average molecular weight is 193 g/mol. The molecule has 13 heavy (non-hydrogen) atoms. The van der Waals surface area contributed by atoms with Crippen molar-refractivity contribution < 1.29 is 0 Å². The third-order valence-corrected chi connectivity index (χ3v) is 2.04. The Kier molecular flexibility index (Phi) is 3.08. The molecule has 1 heterocycles. The first kappa shape index (κ1) is 9.80. The Labute approximate surface area is 81.6 Å². The van der Waals surface area contributed by atoms with Crippen molar-refractivity contribution in [2.24, 2.45) is 0 Å². The number of pyridine rings is 1. The Balaban J connectivity index is 2.83. The lowest BCUT2D eigenvalue weighted by Crippen LogP contribution is -1.99. The van der Waals surface area contributed by atoms with Crippen molar-refractivity contribution in [2.45, 2.75) is 6.92 Å². The van der Waals surface area contributed by atoms with Gasteiger partial charge in [-0.2, -0.15) is 0 Å². The summed E-state index contributed by atoms with van der Waals surface area (Å²) in [5, 5.41) is 8.02. The smallest absolute Gasteiger partial charge is 0.124 e. The average Bonchev–Trinajstić information content (AvgIpc) is 2.03. The van der Waals surface area contributed by atoms with Gasteiger partial charge < -0.3 is 5.73 Å². The Morgan fingerprint density at radius 3 is 2.85 bits per heavy atom. The molecule has 0 bridgehead atoms. The molecule has 3 N–H and O–H groups in total. The van der Waals surface area contributed by atoms with Gasteiger partial charge >= 0.3 is 0 Å². The second-order valence-corrected chi connectivity index (χ2v) is 3.89. The number of nitrogen functional groups attached to an aromatic ring is 1. The molecule has 0 aliphatic rings. The fourth-order valence-electron chi connectivity index (χ4n) is 0.804. The molecule has 0 amide bonds. The molecule has 0 atom stereocenters. The molecule has 3 nitrogen and oxygen atoms in total. The number of aromatic nitrogens is 1. The van der Waals surface area contributed by atoms with E-state index in [9.17, 15) is 0 Å². The molecule has 1 rings (SSSR count). The van der Waals surface area contributed by atoms with Crippen LogP contribution in [0.2, 0.25) is 0 Å². The molecule has 0 spiro atoms. The summed E-state index contributed by atoms with van der Waals surface area (Å²) in [5.74, 6) is 0.435. The van der Waals surface area contributed by atoms with Gasteiger partial charge in [0, 0.05) is 0 Å². The summed E-state index contributed by atoms with van der Waals surface area (Å²) in [6, 6.07) is 5.24. The molecule has 4 heteroatoms. The molecule has 0 radical (unpaired) electrons. The van der Waals surface area contributed by atoms with E-state index in [4.69, 9.17) is 11.1 Å². The van der Waals surface area contributed by atoms with Crippen LogP contribution in [0.25, 0.3) is 0 Å². The lowest BCUT2D eigenvalue weighted by molar-refractivity contribution is 1.30. The number of nitrogens with two attached hydrogens (primary N) is 1. The monoisotopic (exact) mass is 193 g/mol. The summed E-state index contributed by atoms with van der Waals surface area (Å²) in [5.41, 5.74) is 6.08. The van der Waals surface area contributed by atoms with Crippen molar-refractivity contribution in [1.82, 2.24) is 4.98 Å². The quantitative estimate of drug-likeness (QED) is 0.559. The maximum Gasteiger partial charge on any atom is 0.124 e. The van der Waals surface area contributed by atoms with Crippen LogP contribution in [0.5, 0.6) is 0 Å². The van der Waals surface area contributed by atoms with Gasteiger partial charge in [0.05, 0.1) is 5.69 Å². The Bertz CT molecular complexity index is 346. The van der Waals surface area contributed by atoms with Crippen LogP contribution in [0.3, 0.4) is 0 Å². The number of nitrogens with zero attached hydrogens (tertiary/aromatic N) is 1.